The van der Waals surface area contributed by atoms with Crippen LogP contribution in [0.25, 0.3) is 110 Å². The van der Waals surface area contributed by atoms with E-state index in [9.17, 15) is 10.5 Å². The third-order valence-electron chi connectivity index (χ3n) is 14.3. The predicted octanol–water partition coefficient (Wildman–Crippen LogP) is 15.7. The van der Waals surface area contributed by atoms with Gasteiger partial charge in [0.2, 0.25) is 0 Å². The quantitative estimate of drug-likeness (QED) is 0.177. The van der Waals surface area contributed by atoms with Crippen molar-refractivity contribution in [1.29, 1.82) is 10.5 Å². The first-order valence-corrected chi connectivity index (χ1v) is 23.2. The number of fused-ring (bicyclic) bond motifs is 12. The van der Waals surface area contributed by atoms with E-state index in [1.54, 1.807) is 0 Å². The highest BCUT2D eigenvalue weighted by atomic mass is 15.1. The molecule has 68 heavy (non-hydrogen) atoms. The maximum absolute atomic E-state index is 12.5. The van der Waals surface area contributed by atoms with Crippen LogP contribution >= 0.6 is 0 Å². The molecule has 0 radical (unpaired) electrons. The smallest absolute Gasteiger partial charge is 0.104 e. The first kappa shape index (κ1) is 39.5. The highest BCUT2D eigenvalue weighted by molar-refractivity contribution is 6.16. The topological polar surface area (TPSA) is 67.3 Å². The van der Waals surface area contributed by atoms with Crippen molar-refractivity contribution in [1.82, 2.24) is 18.3 Å². The van der Waals surface area contributed by atoms with Gasteiger partial charge in [0.25, 0.3) is 0 Å². The lowest BCUT2D eigenvalue weighted by Crippen LogP contribution is -2.16. The number of aryl methyl sites for hydroxylation is 6. The highest BCUT2D eigenvalue weighted by Crippen LogP contribution is 2.49. The number of benzene rings is 9. The molecule has 0 unspecified atom stereocenters. The summed E-state index contributed by atoms with van der Waals surface area (Å²) < 4.78 is 9.08. The van der Waals surface area contributed by atoms with E-state index in [1.165, 1.54) is 0 Å². The van der Waals surface area contributed by atoms with Crippen LogP contribution in [0, 0.1) is 64.2 Å². The van der Waals surface area contributed by atoms with Crippen molar-refractivity contribution in [3.8, 4) is 34.9 Å². The van der Waals surface area contributed by atoms with Crippen molar-refractivity contribution in [2.75, 3.05) is 0 Å². The minimum absolute atomic E-state index is 0.448. The fraction of sp³-hybridized carbons (Fsp3) is 0.0968. The highest BCUT2D eigenvalue weighted by Gasteiger charge is 2.34. The Balaban J connectivity index is 1.39. The molecule has 0 N–H and O–H groups in total. The van der Waals surface area contributed by atoms with Crippen molar-refractivity contribution in [2.45, 2.75) is 41.5 Å². The summed E-state index contributed by atoms with van der Waals surface area (Å²) in [7, 11) is 0. The summed E-state index contributed by atoms with van der Waals surface area (Å²) >= 11 is 0. The van der Waals surface area contributed by atoms with Gasteiger partial charge in [0.1, 0.15) is 23.3 Å². The van der Waals surface area contributed by atoms with Gasteiger partial charge in [-0.05, 0) is 126 Å². The normalized spacial score (nSPS) is 11.9. The van der Waals surface area contributed by atoms with E-state index in [2.05, 4.69) is 230 Å². The minimum atomic E-state index is 0.448. The van der Waals surface area contributed by atoms with Crippen LogP contribution in [0.1, 0.15) is 44.5 Å². The maximum Gasteiger partial charge on any atom is 0.104 e. The molecule has 0 saturated carbocycles. The second-order valence-electron chi connectivity index (χ2n) is 18.9. The molecule has 322 valence electrons. The summed E-state index contributed by atoms with van der Waals surface area (Å²) in [5, 5.41) is 33.6. The van der Waals surface area contributed by atoms with Gasteiger partial charge in [0, 0.05) is 43.1 Å². The van der Waals surface area contributed by atoms with Crippen molar-refractivity contribution in [3.63, 3.8) is 0 Å². The summed E-state index contributed by atoms with van der Waals surface area (Å²) in [6, 6.07) is 62.2. The average molecular weight is 873 g/mol. The molecule has 0 bridgehead atoms. The van der Waals surface area contributed by atoms with Gasteiger partial charge < -0.3 is 18.3 Å². The summed E-state index contributed by atoms with van der Waals surface area (Å²) in [5.41, 5.74) is 17.9. The monoisotopic (exact) mass is 872 g/mol. The Hall–Kier alpha value is -8.84. The summed E-state index contributed by atoms with van der Waals surface area (Å²) in [5.74, 6) is 0. The molecule has 0 amide bonds. The van der Waals surface area contributed by atoms with E-state index >= 15 is 0 Å². The van der Waals surface area contributed by atoms with E-state index in [0.717, 1.165) is 121 Å². The number of aromatic nitrogens is 4. The maximum atomic E-state index is 12.5. The van der Waals surface area contributed by atoms with Crippen LogP contribution in [0.4, 0.5) is 0 Å². The molecule has 13 aromatic rings. The second-order valence-corrected chi connectivity index (χ2v) is 18.9. The number of nitrogens with zero attached hydrogens (tertiary/aromatic N) is 6. The average Bonchev–Trinajstić information content (AvgIpc) is 4.04. The zero-order valence-corrected chi connectivity index (χ0v) is 38.7. The van der Waals surface area contributed by atoms with Gasteiger partial charge in [-0.25, -0.2) is 0 Å². The van der Waals surface area contributed by atoms with Crippen molar-refractivity contribution in [2.24, 2.45) is 0 Å². The molecule has 0 aliphatic carbocycles. The lowest BCUT2D eigenvalue weighted by molar-refractivity contribution is 1.02. The predicted molar refractivity (Wildman–Crippen MR) is 282 cm³/mol. The van der Waals surface area contributed by atoms with Gasteiger partial charge in [0.05, 0.1) is 66.9 Å². The van der Waals surface area contributed by atoms with Gasteiger partial charge >= 0.3 is 0 Å². The summed E-state index contributed by atoms with van der Waals surface area (Å²) in [4.78, 5) is 0. The van der Waals surface area contributed by atoms with Crippen LogP contribution in [-0.2, 0) is 0 Å². The fourth-order valence-corrected chi connectivity index (χ4v) is 11.4. The van der Waals surface area contributed by atoms with Crippen LogP contribution in [-0.4, -0.2) is 18.3 Å². The molecule has 0 spiro atoms. The Morgan fingerprint density at radius 3 is 0.691 bits per heavy atom. The van der Waals surface area contributed by atoms with Gasteiger partial charge in [0.15, 0.2) is 0 Å². The molecule has 9 aromatic carbocycles. The van der Waals surface area contributed by atoms with E-state index in [1.807, 2.05) is 0 Å². The van der Waals surface area contributed by atoms with Gasteiger partial charge in [-0.1, -0.05) is 106 Å². The number of hydrogen-bond donors (Lipinski definition) is 0. The Bertz CT molecular complexity index is 4240. The molecule has 0 aliphatic rings. The summed E-state index contributed by atoms with van der Waals surface area (Å²) in [6.45, 7) is 12.8. The first-order chi connectivity index (χ1) is 33.1. The molecule has 0 atom stereocenters. The molecule has 6 nitrogen and oxygen atoms in total. The second kappa shape index (κ2) is 14.3. The first-order valence-electron chi connectivity index (χ1n) is 23.2. The molecule has 4 heterocycles. The number of hydrogen-bond acceptors (Lipinski definition) is 2. The largest absolute Gasteiger partial charge is 0.306 e. The van der Waals surface area contributed by atoms with Crippen LogP contribution in [0.15, 0.2) is 158 Å². The Labute approximate surface area is 392 Å². The Morgan fingerprint density at radius 1 is 0.265 bits per heavy atom. The van der Waals surface area contributed by atoms with Gasteiger partial charge in [-0.2, -0.15) is 10.5 Å². The SMILES string of the molecule is Cc1ccc2c(c1)c1cc(C)ccc1n2-c1c(C#N)c(-n2c3ccc(C)cc3c3cc(C)ccc32)c(-n2c3ccc(C)cc3c3cc(C)ccc32)c(C#N)c1-n1c2ccccc2c2ccccc21. The molecule has 4 aromatic heterocycles. The lowest BCUT2D eigenvalue weighted by atomic mass is 9.98. The summed E-state index contributed by atoms with van der Waals surface area (Å²) in [6.07, 6.45) is 0. The minimum Gasteiger partial charge on any atom is -0.306 e. The zero-order chi connectivity index (χ0) is 46.3. The van der Waals surface area contributed by atoms with E-state index in [0.29, 0.717) is 33.9 Å². The van der Waals surface area contributed by atoms with Crippen LogP contribution in [0.5, 0.6) is 0 Å². The number of para-hydroxylation sites is 2. The third kappa shape index (κ3) is 5.37. The third-order valence-corrected chi connectivity index (χ3v) is 14.3. The molecule has 0 fully saturated rings. The van der Waals surface area contributed by atoms with Gasteiger partial charge in [-0.15, -0.1) is 0 Å². The fourth-order valence-electron chi connectivity index (χ4n) is 11.4. The zero-order valence-electron chi connectivity index (χ0n) is 38.7. The molecule has 0 aliphatic heterocycles. The standard InChI is InChI=1S/C62H44N6/c1-35-15-21-53-43(27-35)44-28-36(2)16-22-54(44)66(53)60-50(34-64)62(68-57-25-19-39(5)31-47(57)48-32-40(6)20-26-58(48)68)61(67-55-23-17-37(3)29-45(55)46-30-38(4)18-24-56(46)67)49(33-63)59(60)65-51-13-9-7-11-41(51)42-12-8-10-14-52(42)65/h7-32H,1-6H3. The van der Waals surface area contributed by atoms with E-state index < -0.39 is 0 Å². The van der Waals surface area contributed by atoms with Crippen molar-refractivity contribution >= 4 is 87.2 Å². The molecular weight excluding hydrogens is 829 g/mol. The lowest BCUT2D eigenvalue weighted by Gasteiger charge is -2.27. The van der Waals surface area contributed by atoms with Gasteiger partial charge in [-0.3, -0.25) is 0 Å². The number of rotatable bonds is 4. The van der Waals surface area contributed by atoms with E-state index in [4.69, 9.17) is 0 Å². The van der Waals surface area contributed by atoms with Crippen LogP contribution < -0.4 is 0 Å². The van der Waals surface area contributed by atoms with E-state index in [-0.39, 0.29) is 0 Å². The molecule has 6 heteroatoms. The molecule has 13 rings (SSSR count). The molecular formula is C62H44N6. The van der Waals surface area contributed by atoms with Crippen LogP contribution in [0.2, 0.25) is 0 Å². The van der Waals surface area contributed by atoms with Crippen molar-refractivity contribution < 1.29 is 0 Å². The number of nitriles is 2. The Kier molecular flexibility index (Phi) is 8.33. The Morgan fingerprint density at radius 2 is 0.471 bits per heavy atom. The van der Waals surface area contributed by atoms with Crippen LogP contribution in [0.3, 0.4) is 0 Å². The van der Waals surface area contributed by atoms with Crippen molar-refractivity contribution in [3.05, 3.63) is 202 Å². The molecule has 0 saturated heterocycles.